The molecule has 1 amide bonds. The lowest BCUT2D eigenvalue weighted by atomic mass is 10.1. The number of H-pyrrole nitrogens is 1. The van der Waals surface area contributed by atoms with Gasteiger partial charge in [0.2, 0.25) is 5.91 Å². The molecule has 2 heterocycles. The molecular formula is C6H8N4O. The monoisotopic (exact) mass is 152 g/mol. The van der Waals surface area contributed by atoms with Gasteiger partial charge in [-0.3, -0.25) is 9.89 Å². The van der Waals surface area contributed by atoms with Crippen molar-refractivity contribution in [1.29, 1.82) is 0 Å². The first-order valence-electron chi connectivity index (χ1n) is 3.49. The third-order valence-electron chi connectivity index (χ3n) is 1.83. The molecule has 11 heavy (non-hydrogen) atoms. The summed E-state index contributed by atoms with van der Waals surface area (Å²) in [7, 11) is 0. The number of aromatic nitrogens is 3. The van der Waals surface area contributed by atoms with Crippen molar-refractivity contribution >= 4 is 5.91 Å². The molecule has 0 aliphatic carbocycles. The maximum atomic E-state index is 10.8. The second-order valence-electron chi connectivity index (χ2n) is 2.60. The number of amides is 1. The van der Waals surface area contributed by atoms with E-state index in [1.54, 1.807) is 6.20 Å². The predicted molar refractivity (Wildman–Crippen MR) is 36.8 cm³/mol. The van der Waals surface area contributed by atoms with Gasteiger partial charge in [0.25, 0.3) is 0 Å². The van der Waals surface area contributed by atoms with Gasteiger partial charge in [-0.25, -0.2) is 0 Å². The molecule has 0 radical (unpaired) electrons. The van der Waals surface area contributed by atoms with Crippen LogP contribution in [-0.4, -0.2) is 27.9 Å². The van der Waals surface area contributed by atoms with E-state index in [9.17, 15) is 4.79 Å². The van der Waals surface area contributed by atoms with Crippen LogP contribution >= 0.6 is 0 Å². The smallest absolute Gasteiger partial charge is 0.220 e. The molecule has 0 bridgehead atoms. The van der Waals surface area contributed by atoms with Crippen molar-refractivity contribution in [2.45, 2.75) is 12.3 Å². The number of carbonyl (C=O) groups excluding carboxylic acids is 1. The molecule has 2 rings (SSSR count). The summed E-state index contributed by atoms with van der Waals surface area (Å²) in [5.41, 5.74) is 0.864. The Morgan fingerprint density at radius 3 is 3.09 bits per heavy atom. The standard InChI is InChI=1S/C6H8N4O/c11-6-1-4(2-7-6)5-3-8-10-9-5/h3-4H,1-2H2,(H,7,11)(H,8,9,10). The fourth-order valence-corrected chi connectivity index (χ4v) is 1.22. The highest BCUT2D eigenvalue weighted by Gasteiger charge is 2.24. The quantitative estimate of drug-likeness (QED) is 0.565. The van der Waals surface area contributed by atoms with Crippen LogP contribution in [0.2, 0.25) is 0 Å². The molecule has 2 N–H and O–H groups in total. The molecule has 1 saturated heterocycles. The number of hydrogen-bond donors (Lipinski definition) is 2. The van der Waals surface area contributed by atoms with Crippen molar-refractivity contribution in [2.75, 3.05) is 6.54 Å². The lowest BCUT2D eigenvalue weighted by molar-refractivity contribution is -0.119. The summed E-state index contributed by atoms with van der Waals surface area (Å²) in [5.74, 6) is 0.305. The molecule has 1 fully saturated rings. The van der Waals surface area contributed by atoms with Crippen LogP contribution in [0.3, 0.4) is 0 Å². The second-order valence-corrected chi connectivity index (χ2v) is 2.60. The third-order valence-corrected chi connectivity index (χ3v) is 1.83. The Morgan fingerprint density at radius 1 is 1.64 bits per heavy atom. The van der Waals surface area contributed by atoms with Gasteiger partial charge in [0, 0.05) is 25.1 Å². The van der Waals surface area contributed by atoms with Crippen LogP contribution in [0, 0.1) is 0 Å². The summed E-state index contributed by atoms with van der Waals surface area (Å²) < 4.78 is 0. The van der Waals surface area contributed by atoms with Crippen molar-refractivity contribution in [3.63, 3.8) is 0 Å². The minimum atomic E-state index is 0.0954. The Labute approximate surface area is 63.2 Å². The van der Waals surface area contributed by atoms with E-state index in [1.165, 1.54) is 0 Å². The third kappa shape index (κ3) is 1.09. The maximum absolute atomic E-state index is 10.8. The van der Waals surface area contributed by atoms with Gasteiger partial charge in [-0.2, -0.15) is 0 Å². The predicted octanol–water partition coefficient (Wildman–Crippen LogP) is -0.592. The van der Waals surface area contributed by atoms with E-state index in [4.69, 9.17) is 0 Å². The van der Waals surface area contributed by atoms with Gasteiger partial charge in [0.1, 0.15) is 0 Å². The van der Waals surface area contributed by atoms with Gasteiger partial charge < -0.3 is 5.32 Å². The largest absolute Gasteiger partial charge is 0.355 e. The molecule has 0 aromatic carbocycles. The summed E-state index contributed by atoms with van der Waals surface area (Å²) >= 11 is 0. The van der Waals surface area contributed by atoms with Crippen LogP contribution < -0.4 is 5.32 Å². The fraction of sp³-hybridized carbons (Fsp3) is 0.500. The lowest BCUT2D eigenvalue weighted by Gasteiger charge is -1.98. The average molecular weight is 152 g/mol. The van der Waals surface area contributed by atoms with Crippen molar-refractivity contribution in [3.8, 4) is 0 Å². The molecule has 1 atom stereocenters. The molecule has 5 heteroatoms. The SMILES string of the molecule is O=C1CC(c2c[nH]nn2)CN1. The molecule has 1 aliphatic heterocycles. The summed E-state index contributed by atoms with van der Waals surface area (Å²) in [5, 5.41) is 12.8. The number of hydrogen-bond acceptors (Lipinski definition) is 3. The zero-order valence-corrected chi connectivity index (χ0v) is 5.87. The first-order valence-corrected chi connectivity index (χ1v) is 3.49. The van der Waals surface area contributed by atoms with E-state index in [-0.39, 0.29) is 11.8 Å². The fourth-order valence-electron chi connectivity index (χ4n) is 1.22. The number of carbonyl (C=O) groups is 1. The van der Waals surface area contributed by atoms with Crippen LogP contribution in [-0.2, 0) is 4.79 Å². The molecule has 1 aliphatic rings. The van der Waals surface area contributed by atoms with E-state index >= 15 is 0 Å². The topological polar surface area (TPSA) is 70.7 Å². The highest BCUT2D eigenvalue weighted by atomic mass is 16.1. The van der Waals surface area contributed by atoms with E-state index in [1.807, 2.05) is 0 Å². The van der Waals surface area contributed by atoms with Crippen LogP contribution in [0.5, 0.6) is 0 Å². The summed E-state index contributed by atoms with van der Waals surface area (Å²) in [4.78, 5) is 10.8. The Kier molecular flexibility index (Phi) is 1.34. The van der Waals surface area contributed by atoms with E-state index in [0.717, 1.165) is 5.69 Å². The zero-order chi connectivity index (χ0) is 7.68. The van der Waals surface area contributed by atoms with Crippen molar-refractivity contribution in [2.24, 2.45) is 0 Å². The van der Waals surface area contributed by atoms with Crippen molar-refractivity contribution in [1.82, 2.24) is 20.7 Å². The second kappa shape index (κ2) is 2.34. The number of nitrogens with one attached hydrogen (secondary N) is 2. The molecule has 58 valence electrons. The molecule has 1 aromatic rings. The molecule has 0 saturated carbocycles. The average Bonchev–Trinajstić information content (AvgIpc) is 2.55. The van der Waals surface area contributed by atoms with Gasteiger partial charge in [-0.15, -0.1) is 5.10 Å². The normalized spacial score (nSPS) is 23.6. The molecule has 1 unspecified atom stereocenters. The Hall–Kier alpha value is -1.39. The molecular weight excluding hydrogens is 144 g/mol. The Morgan fingerprint density at radius 2 is 2.55 bits per heavy atom. The number of rotatable bonds is 1. The van der Waals surface area contributed by atoms with Crippen LogP contribution in [0.15, 0.2) is 6.20 Å². The van der Waals surface area contributed by atoms with Crippen LogP contribution in [0.4, 0.5) is 0 Å². The molecule has 5 nitrogen and oxygen atoms in total. The van der Waals surface area contributed by atoms with Gasteiger partial charge in [-0.1, -0.05) is 5.21 Å². The minimum Gasteiger partial charge on any atom is -0.355 e. The minimum absolute atomic E-state index is 0.0954. The van der Waals surface area contributed by atoms with E-state index < -0.39 is 0 Å². The van der Waals surface area contributed by atoms with Gasteiger partial charge in [0.05, 0.1) is 5.69 Å². The first kappa shape index (κ1) is 6.33. The Balaban J connectivity index is 2.13. The van der Waals surface area contributed by atoms with Crippen molar-refractivity contribution < 1.29 is 4.79 Å². The summed E-state index contributed by atoms with van der Waals surface area (Å²) in [6.45, 7) is 0.686. The Bertz CT molecular complexity index is 256. The summed E-state index contributed by atoms with van der Waals surface area (Å²) in [6.07, 6.45) is 2.26. The summed E-state index contributed by atoms with van der Waals surface area (Å²) in [6, 6.07) is 0. The lowest BCUT2D eigenvalue weighted by Crippen LogP contribution is -2.13. The van der Waals surface area contributed by atoms with Crippen LogP contribution in [0.1, 0.15) is 18.0 Å². The molecule has 1 aromatic heterocycles. The maximum Gasteiger partial charge on any atom is 0.220 e. The zero-order valence-electron chi connectivity index (χ0n) is 5.87. The first-order chi connectivity index (χ1) is 5.36. The van der Waals surface area contributed by atoms with E-state index in [2.05, 4.69) is 20.7 Å². The number of nitrogens with zero attached hydrogens (tertiary/aromatic N) is 2. The van der Waals surface area contributed by atoms with Gasteiger partial charge >= 0.3 is 0 Å². The van der Waals surface area contributed by atoms with Crippen molar-refractivity contribution in [3.05, 3.63) is 11.9 Å². The van der Waals surface area contributed by atoms with Gasteiger partial charge in [0.15, 0.2) is 0 Å². The number of aromatic amines is 1. The highest BCUT2D eigenvalue weighted by Crippen LogP contribution is 2.19. The van der Waals surface area contributed by atoms with E-state index in [0.29, 0.717) is 13.0 Å². The van der Waals surface area contributed by atoms with Gasteiger partial charge in [-0.05, 0) is 0 Å². The highest BCUT2D eigenvalue weighted by molar-refractivity contribution is 5.79. The van der Waals surface area contributed by atoms with Crippen LogP contribution in [0.25, 0.3) is 0 Å². The molecule has 0 spiro atoms.